The number of nitrogens with zero attached hydrogens (tertiary/aromatic N) is 3. The molecule has 6 nitrogen and oxygen atoms in total. The maximum absolute atomic E-state index is 12.7. The molecule has 7 heteroatoms. The van der Waals surface area contributed by atoms with Gasteiger partial charge in [-0.15, -0.1) is 10.2 Å². The van der Waals surface area contributed by atoms with Gasteiger partial charge in [0.2, 0.25) is 5.91 Å². The Morgan fingerprint density at radius 2 is 2.04 bits per heavy atom. The summed E-state index contributed by atoms with van der Waals surface area (Å²) in [5.41, 5.74) is 0.760. The van der Waals surface area contributed by atoms with Crippen molar-refractivity contribution < 1.29 is 9.53 Å². The molecule has 3 rings (SSSR count). The molecule has 1 aromatic carbocycles. The summed E-state index contributed by atoms with van der Waals surface area (Å²) in [7, 11) is 1.62. The number of carbonyl (C=O) groups is 1. The molecule has 1 aliphatic rings. The number of anilines is 1. The SMILES string of the molecule is COc1ccc(NC(=O)[C@@H](Sc2nncn2C2CC2)C(C)C)cc1. The lowest BCUT2D eigenvalue weighted by Crippen LogP contribution is -2.30. The number of benzene rings is 1. The molecule has 24 heavy (non-hydrogen) atoms. The second kappa shape index (κ2) is 7.25. The third kappa shape index (κ3) is 3.90. The largest absolute Gasteiger partial charge is 0.497 e. The first-order valence-corrected chi connectivity index (χ1v) is 8.97. The quantitative estimate of drug-likeness (QED) is 0.779. The van der Waals surface area contributed by atoms with Crippen LogP contribution in [0, 0.1) is 5.92 Å². The zero-order chi connectivity index (χ0) is 17.1. The van der Waals surface area contributed by atoms with Crippen molar-refractivity contribution in [3.05, 3.63) is 30.6 Å². The molecular formula is C17H22N4O2S. The van der Waals surface area contributed by atoms with Gasteiger partial charge in [-0.25, -0.2) is 0 Å². The summed E-state index contributed by atoms with van der Waals surface area (Å²) in [6, 6.07) is 7.84. The van der Waals surface area contributed by atoms with E-state index in [0.29, 0.717) is 6.04 Å². The van der Waals surface area contributed by atoms with Gasteiger partial charge in [-0.1, -0.05) is 25.6 Å². The summed E-state index contributed by atoms with van der Waals surface area (Å²) in [5.74, 6) is 0.920. The van der Waals surface area contributed by atoms with E-state index in [-0.39, 0.29) is 17.1 Å². The number of methoxy groups -OCH3 is 1. The first-order valence-electron chi connectivity index (χ1n) is 8.09. The smallest absolute Gasteiger partial charge is 0.238 e. The fraction of sp³-hybridized carbons (Fsp3) is 0.471. The van der Waals surface area contributed by atoms with Crippen LogP contribution in [-0.2, 0) is 4.79 Å². The molecule has 0 saturated heterocycles. The van der Waals surface area contributed by atoms with E-state index in [1.54, 1.807) is 13.4 Å². The second-order valence-electron chi connectivity index (χ2n) is 6.25. The lowest BCUT2D eigenvalue weighted by atomic mass is 10.1. The van der Waals surface area contributed by atoms with Crippen LogP contribution in [0.25, 0.3) is 0 Å². The number of hydrogen-bond acceptors (Lipinski definition) is 5. The van der Waals surface area contributed by atoms with E-state index in [0.717, 1.165) is 29.4 Å². The minimum atomic E-state index is -0.228. The molecular weight excluding hydrogens is 324 g/mol. The highest BCUT2D eigenvalue weighted by Gasteiger charge is 2.30. The summed E-state index contributed by atoms with van der Waals surface area (Å²) >= 11 is 1.49. The van der Waals surface area contributed by atoms with Crippen LogP contribution in [0.15, 0.2) is 35.7 Å². The fourth-order valence-corrected chi connectivity index (χ4v) is 3.49. The first-order chi connectivity index (χ1) is 11.6. The van der Waals surface area contributed by atoms with Gasteiger partial charge in [-0.05, 0) is 43.0 Å². The number of nitrogens with one attached hydrogen (secondary N) is 1. The highest BCUT2D eigenvalue weighted by molar-refractivity contribution is 8.00. The Hall–Kier alpha value is -2.02. The highest BCUT2D eigenvalue weighted by atomic mass is 32.2. The van der Waals surface area contributed by atoms with Crippen molar-refractivity contribution in [3.8, 4) is 5.75 Å². The number of carbonyl (C=O) groups excluding carboxylic acids is 1. The Morgan fingerprint density at radius 3 is 2.62 bits per heavy atom. The summed E-state index contributed by atoms with van der Waals surface area (Å²) < 4.78 is 7.22. The molecule has 1 N–H and O–H groups in total. The van der Waals surface area contributed by atoms with E-state index in [2.05, 4.69) is 20.1 Å². The number of ether oxygens (including phenoxy) is 1. The number of amides is 1. The van der Waals surface area contributed by atoms with Crippen molar-refractivity contribution >= 4 is 23.4 Å². The van der Waals surface area contributed by atoms with Gasteiger partial charge in [0.05, 0.1) is 12.4 Å². The predicted molar refractivity (Wildman–Crippen MR) is 94.4 cm³/mol. The van der Waals surface area contributed by atoms with Crippen LogP contribution in [0.2, 0.25) is 0 Å². The molecule has 0 spiro atoms. The van der Waals surface area contributed by atoms with E-state index in [1.165, 1.54) is 11.8 Å². The molecule has 1 aliphatic carbocycles. The van der Waals surface area contributed by atoms with Crippen LogP contribution in [0.1, 0.15) is 32.7 Å². The second-order valence-corrected chi connectivity index (χ2v) is 7.36. The molecule has 2 aromatic rings. The lowest BCUT2D eigenvalue weighted by Gasteiger charge is -2.19. The Morgan fingerprint density at radius 1 is 1.33 bits per heavy atom. The topological polar surface area (TPSA) is 69.0 Å². The number of hydrogen-bond donors (Lipinski definition) is 1. The van der Waals surface area contributed by atoms with Crippen molar-refractivity contribution in [1.29, 1.82) is 0 Å². The van der Waals surface area contributed by atoms with Crippen molar-refractivity contribution in [3.63, 3.8) is 0 Å². The van der Waals surface area contributed by atoms with Gasteiger partial charge in [0.15, 0.2) is 5.16 Å². The standard InChI is InChI=1S/C17H22N4O2S/c1-11(2)15(24-17-20-18-10-21(17)13-6-7-13)16(22)19-12-4-8-14(23-3)9-5-12/h4-5,8-11,13,15H,6-7H2,1-3H3,(H,19,22)/t15-/m0/s1. The predicted octanol–water partition coefficient (Wildman–Crippen LogP) is 3.38. The van der Waals surface area contributed by atoms with Crippen LogP contribution in [0.3, 0.4) is 0 Å². The molecule has 128 valence electrons. The van der Waals surface area contributed by atoms with Crippen molar-refractivity contribution in [2.75, 3.05) is 12.4 Å². The van der Waals surface area contributed by atoms with Gasteiger partial charge in [0.25, 0.3) is 0 Å². The average molecular weight is 346 g/mol. The molecule has 1 saturated carbocycles. The van der Waals surface area contributed by atoms with Crippen LogP contribution in [0.4, 0.5) is 5.69 Å². The number of aromatic nitrogens is 3. The molecule has 0 unspecified atom stereocenters. The minimum absolute atomic E-state index is 0.0227. The maximum atomic E-state index is 12.7. The Kier molecular flexibility index (Phi) is 5.08. The number of rotatable bonds is 7. The summed E-state index contributed by atoms with van der Waals surface area (Å²) in [6.45, 7) is 4.09. The minimum Gasteiger partial charge on any atom is -0.497 e. The molecule has 1 aromatic heterocycles. The summed E-state index contributed by atoms with van der Waals surface area (Å²) in [5, 5.41) is 11.8. The van der Waals surface area contributed by atoms with Crippen molar-refractivity contribution in [2.24, 2.45) is 5.92 Å². The zero-order valence-corrected chi connectivity index (χ0v) is 14.9. The third-order valence-electron chi connectivity index (χ3n) is 3.93. The van der Waals surface area contributed by atoms with Gasteiger partial charge in [0, 0.05) is 11.7 Å². The Labute approximate surface area is 146 Å². The Bertz CT molecular complexity index is 695. The lowest BCUT2D eigenvalue weighted by molar-refractivity contribution is -0.116. The van der Waals surface area contributed by atoms with Gasteiger partial charge >= 0.3 is 0 Å². The van der Waals surface area contributed by atoms with Gasteiger partial charge in [0.1, 0.15) is 12.1 Å². The van der Waals surface area contributed by atoms with Gasteiger partial charge in [-0.3, -0.25) is 4.79 Å². The molecule has 1 heterocycles. The van der Waals surface area contributed by atoms with Crippen LogP contribution < -0.4 is 10.1 Å². The molecule has 1 atom stereocenters. The summed E-state index contributed by atoms with van der Waals surface area (Å²) in [6.07, 6.45) is 4.09. The summed E-state index contributed by atoms with van der Waals surface area (Å²) in [4.78, 5) is 12.7. The Balaban J connectivity index is 1.69. The first kappa shape index (κ1) is 16.8. The average Bonchev–Trinajstić information content (AvgIpc) is 3.31. The van der Waals surface area contributed by atoms with E-state index in [4.69, 9.17) is 4.74 Å². The van der Waals surface area contributed by atoms with Crippen LogP contribution in [0.5, 0.6) is 5.75 Å². The maximum Gasteiger partial charge on any atom is 0.238 e. The highest BCUT2D eigenvalue weighted by Crippen LogP contribution is 2.39. The van der Waals surface area contributed by atoms with Crippen molar-refractivity contribution in [2.45, 2.75) is 43.1 Å². The monoisotopic (exact) mass is 346 g/mol. The zero-order valence-electron chi connectivity index (χ0n) is 14.1. The molecule has 1 fully saturated rings. The van der Waals surface area contributed by atoms with E-state index < -0.39 is 0 Å². The third-order valence-corrected chi connectivity index (χ3v) is 5.45. The van der Waals surface area contributed by atoms with E-state index in [1.807, 2.05) is 38.1 Å². The molecule has 0 radical (unpaired) electrons. The van der Waals surface area contributed by atoms with Crippen molar-refractivity contribution in [1.82, 2.24) is 14.8 Å². The fourth-order valence-electron chi connectivity index (χ4n) is 2.41. The van der Waals surface area contributed by atoms with Gasteiger partial charge < -0.3 is 14.6 Å². The van der Waals surface area contributed by atoms with Crippen LogP contribution >= 0.6 is 11.8 Å². The normalized spacial score (nSPS) is 15.3. The molecule has 0 aliphatic heterocycles. The van der Waals surface area contributed by atoms with Crippen LogP contribution in [-0.4, -0.2) is 33.0 Å². The number of thioether (sulfide) groups is 1. The molecule has 1 amide bonds. The van der Waals surface area contributed by atoms with E-state index >= 15 is 0 Å². The van der Waals surface area contributed by atoms with E-state index in [9.17, 15) is 4.79 Å². The van der Waals surface area contributed by atoms with Gasteiger partial charge in [-0.2, -0.15) is 0 Å². The molecule has 0 bridgehead atoms.